The van der Waals surface area contributed by atoms with Gasteiger partial charge >= 0.3 is 5.97 Å². The van der Waals surface area contributed by atoms with Gasteiger partial charge in [-0.2, -0.15) is 0 Å². The van der Waals surface area contributed by atoms with Gasteiger partial charge in [0, 0.05) is 67.0 Å². The molecule has 1 fully saturated rings. The van der Waals surface area contributed by atoms with Crippen LogP contribution in [0.2, 0.25) is 0 Å². The van der Waals surface area contributed by atoms with Gasteiger partial charge in [0.25, 0.3) is 5.91 Å². The Morgan fingerprint density at radius 2 is 1.92 bits per heavy atom. The van der Waals surface area contributed by atoms with Crippen LogP contribution < -0.4 is 10.6 Å². The Bertz CT molecular complexity index is 1200. The van der Waals surface area contributed by atoms with Crippen LogP contribution in [0.1, 0.15) is 58.8 Å². The van der Waals surface area contributed by atoms with Crippen LogP contribution in [0.3, 0.4) is 0 Å². The fourth-order valence-electron chi connectivity index (χ4n) is 4.53. The van der Waals surface area contributed by atoms with Crippen molar-refractivity contribution in [3.05, 3.63) is 63.6 Å². The normalized spacial score (nSPS) is 16.3. The number of ether oxygens (including phenoxy) is 2. The van der Waals surface area contributed by atoms with Crippen molar-refractivity contribution in [1.82, 2.24) is 19.9 Å². The number of nitrogens with zero attached hydrogens (tertiary/aromatic N) is 2. The molecule has 1 unspecified atom stereocenters. The number of nitrogens with one attached hydrogen (secondary N) is 2. The van der Waals surface area contributed by atoms with E-state index in [1.54, 1.807) is 18.3 Å². The standard InChI is InChI=1S/C27H36N4O5/c1-17(11-18(2)28-5)22(16-32)14-29-26(33)24-13-23-12-21(27(34)35-6)15-31(23)25(19(24)3)20(4)30-7-9-36-10-8-30/h11-13,15-16,20,28H,7-10,14H2,1-6H3,(H,29,33)/b18-11-,22-17-. The number of aldehydes is 1. The average Bonchev–Trinajstić information content (AvgIpc) is 3.31. The number of amides is 1. The molecule has 9 nitrogen and oxygen atoms in total. The molecule has 2 N–H and O–H groups in total. The molecule has 194 valence electrons. The highest BCUT2D eigenvalue weighted by atomic mass is 16.5. The molecule has 1 atom stereocenters. The van der Waals surface area contributed by atoms with Gasteiger partial charge in [0.05, 0.1) is 25.9 Å². The SMILES string of the molecule is CN/C(C)=C\C(C)=C(/C=O)CNC(=O)c1cc2cc(C(=O)OC)cn2c(C(C)N2CCOCC2)c1C. The summed E-state index contributed by atoms with van der Waals surface area (Å²) in [6, 6.07) is 3.47. The quantitative estimate of drug-likeness (QED) is 0.238. The summed E-state index contributed by atoms with van der Waals surface area (Å²) in [5, 5.41) is 5.93. The van der Waals surface area contributed by atoms with Gasteiger partial charge in [0.2, 0.25) is 0 Å². The topological polar surface area (TPSA) is 101 Å². The monoisotopic (exact) mass is 496 g/mol. The number of esters is 1. The first-order valence-corrected chi connectivity index (χ1v) is 12.1. The zero-order valence-electron chi connectivity index (χ0n) is 21.9. The molecule has 0 bridgehead atoms. The molecule has 0 saturated carbocycles. The number of carbonyl (C=O) groups is 3. The van der Waals surface area contributed by atoms with Crippen molar-refractivity contribution in [1.29, 1.82) is 0 Å². The minimum atomic E-state index is -0.437. The van der Waals surface area contributed by atoms with E-state index < -0.39 is 5.97 Å². The lowest BCUT2D eigenvalue weighted by molar-refractivity contribution is -0.105. The van der Waals surface area contributed by atoms with Crippen molar-refractivity contribution < 1.29 is 23.9 Å². The third-order valence-corrected chi connectivity index (χ3v) is 6.76. The molecular formula is C27H36N4O5. The van der Waals surface area contributed by atoms with E-state index >= 15 is 0 Å². The van der Waals surface area contributed by atoms with E-state index in [1.807, 2.05) is 38.3 Å². The maximum absolute atomic E-state index is 13.4. The zero-order valence-corrected chi connectivity index (χ0v) is 21.9. The number of pyridine rings is 1. The molecule has 0 aliphatic carbocycles. The molecule has 3 rings (SSSR count). The van der Waals surface area contributed by atoms with Crippen LogP contribution >= 0.6 is 0 Å². The third kappa shape index (κ3) is 5.85. The van der Waals surface area contributed by atoms with E-state index in [2.05, 4.69) is 22.5 Å². The summed E-state index contributed by atoms with van der Waals surface area (Å²) in [5.74, 6) is -0.721. The lowest BCUT2D eigenvalue weighted by atomic mass is 10.0. The lowest BCUT2D eigenvalue weighted by Crippen LogP contribution is -2.39. The fraction of sp³-hybridized carbons (Fsp3) is 0.444. The zero-order chi connectivity index (χ0) is 26.4. The molecule has 1 amide bonds. The van der Waals surface area contributed by atoms with Crippen LogP contribution in [-0.2, 0) is 14.3 Å². The number of hydrogen-bond donors (Lipinski definition) is 2. The maximum Gasteiger partial charge on any atom is 0.339 e. The van der Waals surface area contributed by atoms with Gasteiger partial charge in [0.15, 0.2) is 0 Å². The van der Waals surface area contributed by atoms with E-state index in [4.69, 9.17) is 9.47 Å². The smallest absolute Gasteiger partial charge is 0.339 e. The Balaban J connectivity index is 2.02. The first-order valence-electron chi connectivity index (χ1n) is 12.1. The number of allylic oxidation sites excluding steroid dienone is 3. The number of aromatic nitrogens is 1. The van der Waals surface area contributed by atoms with Gasteiger partial charge in [-0.05, 0) is 57.0 Å². The molecule has 36 heavy (non-hydrogen) atoms. The third-order valence-electron chi connectivity index (χ3n) is 6.76. The molecule has 2 aromatic heterocycles. The highest BCUT2D eigenvalue weighted by Gasteiger charge is 2.26. The van der Waals surface area contributed by atoms with Crippen molar-refractivity contribution in [3.63, 3.8) is 0 Å². The van der Waals surface area contributed by atoms with Gasteiger partial charge in [-0.1, -0.05) is 0 Å². The first-order chi connectivity index (χ1) is 17.2. The van der Waals surface area contributed by atoms with Crippen LogP contribution in [0.5, 0.6) is 0 Å². The van der Waals surface area contributed by atoms with Crippen molar-refractivity contribution in [2.45, 2.75) is 33.7 Å². The van der Waals surface area contributed by atoms with E-state index in [0.717, 1.165) is 47.4 Å². The van der Waals surface area contributed by atoms with Gasteiger partial charge in [-0.25, -0.2) is 4.79 Å². The van der Waals surface area contributed by atoms with Gasteiger partial charge in [-0.3, -0.25) is 14.5 Å². The fourth-order valence-corrected chi connectivity index (χ4v) is 4.53. The number of fused-ring (bicyclic) bond motifs is 1. The molecule has 1 aliphatic rings. The second-order valence-electron chi connectivity index (χ2n) is 8.99. The van der Waals surface area contributed by atoms with E-state index in [0.29, 0.717) is 29.9 Å². The molecule has 3 heterocycles. The number of morpholine rings is 1. The summed E-state index contributed by atoms with van der Waals surface area (Å²) in [4.78, 5) is 39.6. The highest BCUT2D eigenvalue weighted by molar-refractivity contribution is 5.98. The molecular weight excluding hydrogens is 460 g/mol. The lowest BCUT2D eigenvalue weighted by Gasteiger charge is -2.34. The van der Waals surface area contributed by atoms with Crippen molar-refractivity contribution >= 4 is 23.7 Å². The average molecular weight is 497 g/mol. The maximum atomic E-state index is 13.4. The van der Waals surface area contributed by atoms with Crippen LogP contribution in [-0.4, -0.2) is 74.5 Å². The highest BCUT2D eigenvalue weighted by Crippen LogP contribution is 2.29. The Kier molecular flexibility index (Phi) is 9.06. The second-order valence-corrected chi connectivity index (χ2v) is 8.99. The van der Waals surface area contributed by atoms with E-state index in [-0.39, 0.29) is 18.5 Å². The number of methoxy groups -OCH3 is 1. The summed E-state index contributed by atoms with van der Waals surface area (Å²) in [7, 11) is 3.16. The number of hydrogen-bond acceptors (Lipinski definition) is 7. The van der Waals surface area contributed by atoms with Crippen LogP contribution in [0, 0.1) is 6.92 Å². The van der Waals surface area contributed by atoms with Crippen LogP contribution in [0.4, 0.5) is 0 Å². The Labute approximate surface area is 212 Å². The number of carbonyl (C=O) groups excluding carboxylic acids is 3. The summed E-state index contributed by atoms with van der Waals surface area (Å²) in [6.45, 7) is 10.7. The van der Waals surface area contributed by atoms with Crippen LogP contribution in [0.25, 0.3) is 5.52 Å². The van der Waals surface area contributed by atoms with Crippen molar-refractivity contribution in [2.24, 2.45) is 0 Å². The van der Waals surface area contributed by atoms with Crippen molar-refractivity contribution in [2.75, 3.05) is 47.0 Å². The summed E-state index contributed by atoms with van der Waals surface area (Å²) in [6.07, 6.45) is 4.39. The van der Waals surface area contributed by atoms with E-state index in [1.165, 1.54) is 7.11 Å². The predicted molar refractivity (Wildman–Crippen MR) is 138 cm³/mol. The molecule has 1 saturated heterocycles. The minimum Gasteiger partial charge on any atom is -0.465 e. The first kappa shape index (κ1) is 27.2. The summed E-state index contributed by atoms with van der Waals surface area (Å²) < 4.78 is 12.4. The molecule has 1 aliphatic heterocycles. The van der Waals surface area contributed by atoms with E-state index in [9.17, 15) is 14.4 Å². The van der Waals surface area contributed by atoms with Gasteiger partial charge in [-0.15, -0.1) is 0 Å². The summed E-state index contributed by atoms with van der Waals surface area (Å²) >= 11 is 0. The van der Waals surface area contributed by atoms with Gasteiger partial charge in [0.1, 0.15) is 6.29 Å². The molecule has 0 spiro atoms. The Hall–Kier alpha value is -3.43. The molecule has 9 heteroatoms. The molecule has 2 aromatic rings. The largest absolute Gasteiger partial charge is 0.465 e. The predicted octanol–water partition coefficient (Wildman–Crippen LogP) is 2.80. The summed E-state index contributed by atoms with van der Waals surface area (Å²) in [5.41, 5.74) is 5.55. The molecule has 0 aromatic carbocycles. The Morgan fingerprint density at radius 3 is 2.53 bits per heavy atom. The molecule has 0 radical (unpaired) electrons. The second kappa shape index (κ2) is 12.0. The van der Waals surface area contributed by atoms with Crippen LogP contribution in [0.15, 0.2) is 41.2 Å². The van der Waals surface area contributed by atoms with Gasteiger partial charge < -0.3 is 24.5 Å². The Morgan fingerprint density at radius 1 is 1.22 bits per heavy atom. The van der Waals surface area contributed by atoms with Crippen molar-refractivity contribution in [3.8, 4) is 0 Å². The minimum absolute atomic E-state index is 0.0237. The number of rotatable bonds is 9.